The van der Waals surface area contributed by atoms with Crippen molar-refractivity contribution >= 4 is 35.1 Å². The second kappa shape index (κ2) is 8.89. The van der Waals surface area contributed by atoms with Crippen LogP contribution in [0.25, 0.3) is 6.08 Å². The van der Waals surface area contributed by atoms with E-state index in [0.717, 1.165) is 16.8 Å². The van der Waals surface area contributed by atoms with E-state index in [2.05, 4.69) is 4.99 Å². The summed E-state index contributed by atoms with van der Waals surface area (Å²) in [4.78, 5) is 32.9. The van der Waals surface area contributed by atoms with Crippen LogP contribution >= 0.6 is 0 Å². The molecule has 0 atom stereocenters. The Kier molecular flexibility index (Phi) is 5.85. The molecular weight excluding hydrogens is 402 g/mol. The van der Waals surface area contributed by atoms with Crippen molar-refractivity contribution in [2.45, 2.75) is 6.92 Å². The van der Waals surface area contributed by atoms with E-state index < -0.39 is 0 Å². The molecule has 0 aromatic heterocycles. The van der Waals surface area contributed by atoms with Crippen LogP contribution in [0, 0.1) is 0 Å². The number of rotatable bonds is 5. The number of carbonyl (C=O) groups excluding carboxylic acids is 2. The molecule has 3 aromatic rings. The Balaban J connectivity index is 1.76. The van der Waals surface area contributed by atoms with E-state index in [1.54, 1.807) is 30.0 Å². The normalized spacial score (nSPS) is 14.5. The van der Waals surface area contributed by atoms with Crippen LogP contribution in [0.1, 0.15) is 18.1 Å². The fraction of sp³-hybridized carbons (Fsp3) is 0.115. The van der Waals surface area contributed by atoms with Gasteiger partial charge in [-0.2, -0.15) is 0 Å². The molecule has 0 aliphatic carbocycles. The van der Waals surface area contributed by atoms with Crippen LogP contribution in [0.15, 0.2) is 89.6 Å². The molecule has 1 heterocycles. The molecule has 0 radical (unpaired) electrons. The van der Waals surface area contributed by atoms with Gasteiger partial charge in [-0.1, -0.05) is 42.5 Å². The van der Waals surface area contributed by atoms with E-state index >= 15 is 0 Å². The second-order valence-corrected chi connectivity index (χ2v) is 7.34. The number of anilines is 2. The molecular formula is C26H23N3O3. The third-order valence-corrected chi connectivity index (χ3v) is 5.26. The average molecular weight is 425 g/mol. The van der Waals surface area contributed by atoms with Crippen molar-refractivity contribution in [1.29, 1.82) is 0 Å². The number of ether oxygens (including phenoxy) is 1. The van der Waals surface area contributed by atoms with Crippen LogP contribution in [0.3, 0.4) is 0 Å². The molecule has 1 aliphatic rings. The van der Waals surface area contributed by atoms with Gasteiger partial charge in [0.2, 0.25) is 5.91 Å². The monoisotopic (exact) mass is 425 g/mol. The summed E-state index contributed by atoms with van der Waals surface area (Å²) in [6, 6.07) is 24.3. The minimum absolute atomic E-state index is 0.0648. The van der Waals surface area contributed by atoms with Crippen LogP contribution in [0.5, 0.6) is 5.75 Å². The van der Waals surface area contributed by atoms with Gasteiger partial charge >= 0.3 is 0 Å². The molecule has 0 N–H and O–H groups in total. The zero-order valence-electron chi connectivity index (χ0n) is 18.1. The van der Waals surface area contributed by atoms with Gasteiger partial charge in [-0.3, -0.25) is 14.5 Å². The molecule has 6 heteroatoms. The first-order chi connectivity index (χ1) is 15.5. The average Bonchev–Trinajstić information content (AvgIpc) is 3.15. The van der Waals surface area contributed by atoms with Crippen LogP contribution in [0.2, 0.25) is 0 Å². The van der Waals surface area contributed by atoms with Crippen molar-refractivity contribution in [3.8, 4) is 5.75 Å². The van der Waals surface area contributed by atoms with Crippen LogP contribution in [-0.4, -0.2) is 31.8 Å². The van der Waals surface area contributed by atoms with Crippen LogP contribution in [-0.2, 0) is 9.59 Å². The molecule has 3 aromatic carbocycles. The molecule has 32 heavy (non-hydrogen) atoms. The molecule has 0 bridgehead atoms. The quantitative estimate of drug-likeness (QED) is 0.565. The van der Waals surface area contributed by atoms with Crippen molar-refractivity contribution < 1.29 is 14.3 Å². The van der Waals surface area contributed by atoms with Crippen molar-refractivity contribution in [1.82, 2.24) is 0 Å². The third-order valence-electron chi connectivity index (χ3n) is 5.26. The SMILES string of the molecule is COc1cccc(C=C2N=C(c3ccccc3)N(c3ccc(N(C)C(C)=O)cc3)C2=O)c1. The number of hydrogen-bond acceptors (Lipinski definition) is 4. The van der Waals surface area contributed by atoms with Gasteiger partial charge in [0.15, 0.2) is 0 Å². The van der Waals surface area contributed by atoms with E-state index in [-0.39, 0.29) is 11.8 Å². The number of carbonyl (C=O) groups is 2. The number of amides is 2. The predicted octanol–water partition coefficient (Wildman–Crippen LogP) is 4.51. The van der Waals surface area contributed by atoms with E-state index in [9.17, 15) is 9.59 Å². The lowest BCUT2D eigenvalue weighted by molar-refractivity contribution is -0.116. The van der Waals surface area contributed by atoms with E-state index in [1.807, 2.05) is 78.9 Å². The van der Waals surface area contributed by atoms with Crippen molar-refractivity contribution in [3.63, 3.8) is 0 Å². The molecule has 0 spiro atoms. The molecule has 0 saturated carbocycles. The fourth-order valence-corrected chi connectivity index (χ4v) is 3.43. The highest BCUT2D eigenvalue weighted by Gasteiger charge is 2.32. The highest BCUT2D eigenvalue weighted by Crippen LogP contribution is 2.29. The Morgan fingerprint density at radius 3 is 2.38 bits per heavy atom. The van der Waals surface area contributed by atoms with E-state index in [4.69, 9.17) is 4.74 Å². The Morgan fingerprint density at radius 2 is 1.72 bits per heavy atom. The standard InChI is InChI=1S/C26H23N3O3/c1-18(30)28(2)21-12-14-22(15-13-21)29-25(20-9-5-4-6-10-20)27-24(26(29)31)17-19-8-7-11-23(16-19)32-3/h4-17H,1-3H3. The maximum atomic E-state index is 13.4. The third kappa shape index (κ3) is 4.16. The Morgan fingerprint density at radius 1 is 1.00 bits per heavy atom. The van der Waals surface area contributed by atoms with Crippen LogP contribution < -0.4 is 14.5 Å². The summed E-state index contributed by atoms with van der Waals surface area (Å²) in [7, 11) is 3.32. The highest BCUT2D eigenvalue weighted by molar-refractivity contribution is 6.33. The van der Waals surface area contributed by atoms with Gasteiger partial charge in [0.1, 0.15) is 17.3 Å². The molecule has 2 amide bonds. The Hall–Kier alpha value is -4.19. The number of nitrogens with zero attached hydrogens (tertiary/aromatic N) is 3. The van der Waals surface area contributed by atoms with Gasteiger partial charge in [-0.15, -0.1) is 0 Å². The van der Waals surface area contributed by atoms with Crippen LogP contribution in [0.4, 0.5) is 11.4 Å². The lowest BCUT2D eigenvalue weighted by Gasteiger charge is -2.20. The molecule has 1 aliphatic heterocycles. The zero-order valence-corrected chi connectivity index (χ0v) is 18.1. The van der Waals surface area contributed by atoms with Gasteiger partial charge in [-0.25, -0.2) is 4.99 Å². The smallest absolute Gasteiger partial charge is 0.282 e. The molecule has 0 unspecified atom stereocenters. The van der Waals surface area contributed by atoms with E-state index in [0.29, 0.717) is 23.0 Å². The van der Waals surface area contributed by atoms with E-state index in [1.165, 1.54) is 6.92 Å². The largest absolute Gasteiger partial charge is 0.497 e. The van der Waals surface area contributed by atoms with Gasteiger partial charge in [0.05, 0.1) is 12.8 Å². The number of aliphatic imine (C=N–C) groups is 1. The van der Waals surface area contributed by atoms with Gasteiger partial charge in [0.25, 0.3) is 5.91 Å². The first-order valence-electron chi connectivity index (χ1n) is 10.2. The Labute approximate surface area is 187 Å². The Bertz CT molecular complexity index is 1210. The fourth-order valence-electron chi connectivity index (χ4n) is 3.43. The summed E-state index contributed by atoms with van der Waals surface area (Å²) >= 11 is 0. The maximum absolute atomic E-state index is 13.4. The lowest BCUT2D eigenvalue weighted by atomic mass is 10.1. The number of benzene rings is 3. The topological polar surface area (TPSA) is 62.2 Å². The second-order valence-electron chi connectivity index (χ2n) is 7.34. The van der Waals surface area contributed by atoms with Gasteiger partial charge < -0.3 is 9.64 Å². The minimum Gasteiger partial charge on any atom is -0.497 e. The van der Waals surface area contributed by atoms with Crippen molar-refractivity contribution in [2.24, 2.45) is 4.99 Å². The molecule has 0 fully saturated rings. The first-order valence-corrected chi connectivity index (χ1v) is 10.2. The summed E-state index contributed by atoms with van der Waals surface area (Å²) in [5.41, 5.74) is 3.41. The first kappa shape index (κ1) is 21.1. The summed E-state index contributed by atoms with van der Waals surface area (Å²) in [6.45, 7) is 1.51. The zero-order chi connectivity index (χ0) is 22.7. The lowest BCUT2D eigenvalue weighted by Crippen LogP contribution is -2.32. The number of methoxy groups -OCH3 is 1. The molecule has 160 valence electrons. The maximum Gasteiger partial charge on any atom is 0.282 e. The molecule has 6 nitrogen and oxygen atoms in total. The van der Waals surface area contributed by atoms with Crippen molar-refractivity contribution in [2.75, 3.05) is 24.0 Å². The summed E-state index contributed by atoms with van der Waals surface area (Å²) in [5, 5.41) is 0. The summed E-state index contributed by atoms with van der Waals surface area (Å²) in [5.74, 6) is 0.973. The highest BCUT2D eigenvalue weighted by atomic mass is 16.5. The molecule has 4 rings (SSSR count). The summed E-state index contributed by atoms with van der Waals surface area (Å²) in [6.07, 6.45) is 1.76. The van der Waals surface area contributed by atoms with Gasteiger partial charge in [-0.05, 0) is 48.0 Å². The molecule has 0 saturated heterocycles. The van der Waals surface area contributed by atoms with Crippen molar-refractivity contribution in [3.05, 3.63) is 95.7 Å². The van der Waals surface area contributed by atoms with Gasteiger partial charge in [0, 0.05) is 25.2 Å². The minimum atomic E-state index is -0.223. The number of hydrogen-bond donors (Lipinski definition) is 0. The summed E-state index contributed by atoms with van der Waals surface area (Å²) < 4.78 is 5.29. The predicted molar refractivity (Wildman–Crippen MR) is 127 cm³/mol. The number of amidine groups is 1.